The molecule has 0 spiro atoms. The van der Waals surface area contributed by atoms with Crippen molar-refractivity contribution in [2.45, 2.75) is 32.0 Å². The number of nitrogens with one attached hydrogen (secondary N) is 1. The highest BCUT2D eigenvalue weighted by atomic mass is 35.5. The van der Waals surface area contributed by atoms with Gasteiger partial charge in [-0.2, -0.15) is 0 Å². The molecular weight excluding hydrogens is 408 g/mol. The maximum Gasteiger partial charge on any atom is 0.251 e. The summed E-state index contributed by atoms with van der Waals surface area (Å²) in [6.45, 7) is 4.44. The number of piperidine rings is 1. The minimum absolute atomic E-state index is 0.00119. The van der Waals surface area contributed by atoms with Gasteiger partial charge in [-0.1, -0.05) is 11.6 Å². The highest BCUT2D eigenvalue weighted by molar-refractivity contribution is 7.16. The molecule has 6 nitrogen and oxygen atoms in total. The van der Waals surface area contributed by atoms with Gasteiger partial charge in [-0.3, -0.25) is 9.78 Å². The number of pyridine rings is 2. The van der Waals surface area contributed by atoms with Gasteiger partial charge in [-0.05, 0) is 44.1 Å². The summed E-state index contributed by atoms with van der Waals surface area (Å²) < 4.78 is 7.92. The SMILES string of the molecule is COc1cnc2ccc(=O)n(CCN3CCC(NCc4ccc(Cl)s4)CC3)c2c1. The predicted octanol–water partition coefficient (Wildman–Crippen LogP) is 3.37. The lowest BCUT2D eigenvalue weighted by Crippen LogP contribution is -2.43. The van der Waals surface area contributed by atoms with Crippen LogP contribution in [0, 0.1) is 0 Å². The zero-order valence-electron chi connectivity index (χ0n) is 16.4. The molecule has 0 aliphatic carbocycles. The van der Waals surface area contributed by atoms with Crippen LogP contribution in [0.3, 0.4) is 0 Å². The normalized spacial score (nSPS) is 15.8. The van der Waals surface area contributed by atoms with E-state index in [1.54, 1.807) is 41.3 Å². The van der Waals surface area contributed by atoms with Crippen LogP contribution in [0.25, 0.3) is 11.0 Å². The van der Waals surface area contributed by atoms with E-state index in [0.29, 0.717) is 18.3 Å². The number of hydrogen-bond acceptors (Lipinski definition) is 6. The van der Waals surface area contributed by atoms with Gasteiger partial charge in [0.1, 0.15) is 5.75 Å². The number of hydrogen-bond donors (Lipinski definition) is 1. The van der Waals surface area contributed by atoms with Gasteiger partial charge >= 0.3 is 0 Å². The minimum atomic E-state index is -0.00119. The number of nitrogens with zero attached hydrogens (tertiary/aromatic N) is 3. The summed E-state index contributed by atoms with van der Waals surface area (Å²) in [6, 6.07) is 9.81. The molecular formula is C21H25ClN4O2S. The van der Waals surface area contributed by atoms with Crippen molar-refractivity contribution in [1.82, 2.24) is 19.8 Å². The van der Waals surface area contributed by atoms with E-state index in [9.17, 15) is 4.79 Å². The predicted molar refractivity (Wildman–Crippen MR) is 118 cm³/mol. The summed E-state index contributed by atoms with van der Waals surface area (Å²) in [7, 11) is 1.61. The van der Waals surface area contributed by atoms with E-state index in [4.69, 9.17) is 16.3 Å². The number of methoxy groups -OCH3 is 1. The van der Waals surface area contributed by atoms with Crippen LogP contribution in [-0.2, 0) is 13.1 Å². The third-order valence-electron chi connectivity index (χ3n) is 5.47. The summed E-state index contributed by atoms with van der Waals surface area (Å²) in [5.74, 6) is 0.663. The van der Waals surface area contributed by atoms with Crippen molar-refractivity contribution in [3.05, 3.63) is 56.1 Å². The third-order valence-corrected chi connectivity index (χ3v) is 6.70. The standard InChI is InChI=1S/C21H25ClN4O2S/c1-28-16-12-19-18(24-13-16)3-5-21(27)26(19)11-10-25-8-6-15(7-9-25)23-14-17-2-4-20(22)29-17/h2-5,12-13,15,23H,6-11,14H2,1H3. The molecule has 1 aliphatic heterocycles. The largest absolute Gasteiger partial charge is 0.495 e. The molecule has 4 heterocycles. The maximum absolute atomic E-state index is 12.4. The van der Waals surface area contributed by atoms with Gasteiger partial charge in [-0.15, -0.1) is 11.3 Å². The van der Waals surface area contributed by atoms with Crippen molar-refractivity contribution < 1.29 is 4.74 Å². The van der Waals surface area contributed by atoms with Gasteiger partial charge in [0.2, 0.25) is 0 Å². The number of halogens is 1. The van der Waals surface area contributed by atoms with Crippen LogP contribution in [-0.4, -0.2) is 47.2 Å². The lowest BCUT2D eigenvalue weighted by molar-refractivity contribution is 0.191. The highest BCUT2D eigenvalue weighted by Gasteiger charge is 2.19. The second-order valence-electron chi connectivity index (χ2n) is 7.31. The number of rotatable bonds is 7. The van der Waals surface area contributed by atoms with E-state index in [0.717, 1.165) is 54.4 Å². The summed E-state index contributed by atoms with van der Waals surface area (Å²) in [4.78, 5) is 20.5. The van der Waals surface area contributed by atoms with E-state index in [2.05, 4.69) is 21.3 Å². The van der Waals surface area contributed by atoms with Crippen LogP contribution in [0.2, 0.25) is 4.34 Å². The molecule has 0 bridgehead atoms. The van der Waals surface area contributed by atoms with Crippen molar-refractivity contribution in [3.8, 4) is 5.75 Å². The van der Waals surface area contributed by atoms with Crippen molar-refractivity contribution >= 4 is 34.0 Å². The molecule has 1 N–H and O–H groups in total. The van der Waals surface area contributed by atoms with Gasteiger partial charge < -0.3 is 19.5 Å². The monoisotopic (exact) mass is 432 g/mol. The molecule has 0 radical (unpaired) electrons. The van der Waals surface area contributed by atoms with Gasteiger partial charge in [0.05, 0.1) is 28.7 Å². The highest BCUT2D eigenvalue weighted by Crippen LogP contribution is 2.22. The molecule has 154 valence electrons. The van der Waals surface area contributed by atoms with Crippen LogP contribution < -0.4 is 15.6 Å². The lowest BCUT2D eigenvalue weighted by atomic mass is 10.1. The van der Waals surface area contributed by atoms with Crippen LogP contribution in [0.15, 0.2) is 41.3 Å². The van der Waals surface area contributed by atoms with Crippen molar-refractivity contribution in [3.63, 3.8) is 0 Å². The molecule has 3 aromatic heterocycles. The van der Waals surface area contributed by atoms with Crippen molar-refractivity contribution in [2.75, 3.05) is 26.7 Å². The topological polar surface area (TPSA) is 59.4 Å². The molecule has 29 heavy (non-hydrogen) atoms. The Morgan fingerprint density at radius 2 is 2.07 bits per heavy atom. The summed E-state index contributed by atoms with van der Waals surface area (Å²) in [5, 5.41) is 3.64. The lowest BCUT2D eigenvalue weighted by Gasteiger charge is -2.32. The molecule has 1 fully saturated rings. The Kier molecular flexibility index (Phi) is 6.50. The van der Waals surface area contributed by atoms with E-state index >= 15 is 0 Å². The van der Waals surface area contributed by atoms with E-state index in [1.807, 2.05) is 12.1 Å². The maximum atomic E-state index is 12.4. The van der Waals surface area contributed by atoms with Crippen molar-refractivity contribution in [2.24, 2.45) is 0 Å². The molecule has 1 aliphatic rings. The Morgan fingerprint density at radius 3 is 2.79 bits per heavy atom. The number of ether oxygens (including phenoxy) is 1. The number of thiophene rings is 1. The van der Waals surface area contributed by atoms with Crippen molar-refractivity contribution in [1.29, 1.82) is 0 Å². The first kappa shape index (κ1) is 20.3. The van der Waals surface area contributed by atoms with Crippen LogP contribution in [0.5, 0.6) is 5.75 Å². The molecule has 0 unspecified atom stereocenters. The quantitative estimate of drug-likeness (QED) is 0.620. The fourth-order valence-electron chi connectivity index (χ4n) is 3.78. The Bertz CT molecular complexity index is 1030. The average molecular weight is 433 g/mol. The van der Waals surface area contributed by atoms with E-state index in [-0.39, 0.29) is 5.56 Å². The van der Waals surface area contributed by atoms with Gasteiger partial charge in [-0.25, -0.2) is 0 Å². The first-order valence-electron chi connectivity index (χ1n) is 9.86. The number of likely N-dealkylation sites (tertiary alicyclic amines) is 1. The first-order chi connectivity index (χ1) is 14.1. The fraction of sp³-hybridized carbons (Fsp3) is 0.429. The molecule has 0 atom stereocenters. The molecule has 4 rings (SSSR count). The average Bonchev–Trinajstić information content (AvgIpc) is 3.17. The third kappa shape index (κ3) is 4.98. The Balaban J connectivity index is 1.32. The molecule has 3 aromatic rings. The number of aromatic nitrogens is 2. The number of fused-ring (bicyclic) bond motifs is 1. The van der Waals surface area contributed by atoms with Crippen LogP contribution in [0.4, 0.5) is 0 Å². The summed E-state index contributed by atoms with van der Waals surface area (Å²) in [6.07, 6.45) is 3.90. The Morgan fingerprint density at radius 1 is 1.24 bits per heavy atom. The van der Waals surface area contributed by atoms with Gasteiger partial charge in [0.15, 0.2) is 0 Å². The molecule has 0 aromatic carbocycles. The summed E-state index contributed by atoms with van der Waals surface area (Å²) >= 11 is 7.63. The second kappa shape index (κ2) is 9.26. The fourth-order valence-corrected chi connectivity index (χ4v) is 4.82. The van der Waals surface area contributed by atoms with E-state index < -0.39 is 0 Å². The zero-order chi connectivity index (χ0) is 20.2. The minimum Gasteiger partial charge on any atom is -0.495 e. The molecule has 0 amide bonds. The second-order valence-corrected chi connectivity index (χ2v) is 9.10. The first-order valence-corrected chi connectivity index (χ1v) is 11.1. The Labute approximate surface area is 179 Å². The molecule has 1 saturated heterocycles. The summed E-state index contributed by atoms with van der Waals surface area (Å²) in [5.41, 5.74) is 1.63. The smallest absolute Gasteiger partial charge is 0.251 e. The molecule has 8 heteroatoms. The van der Waals surface area contributed by atoms with Crippen LogP contribution in [0.1, 0.15) is 17.7 Å². The van der Waals surface area contributed by atoms with Gasteiger partial charge in [0.25, 0.3) is 5.56 Å². The molecule has 0 saturated carbocycles. The van der Waals surface area contributed by atoms with Crippen LogP contribution >= 0.6 is 22.9 Å². The van der Waals surface area contributed by atoms with E-state index in [1.165, 1.54) is 4.88 Å². The van der Waals surface area contributed by atoms with Gasteiger partial charge in [0, 0.05) is 42.7 Å². The zero-order valence-corrected chi connectivity index (χ0v) is 18.0. The Hall–Kier alpha value is -1.93.